The van der Waals surface area contributed by atoms with Crippen molar-refractivity contribution in [1.82, 2.24) is 9.55 Å². The largest absolute Gasteiger partial charge is 0.293 e. The number of aromatic nitrogens is 2. The molecule has 0 atom stereocenters. The molecule has 1 aromatic heterocycles. The average Bonchev–Trinajstić information content (AvgIpc) is 2.78. The first-order valence-electron chi connectivity index (χ1n) is 6.52. The van der Waals surface area contributed by atoms with E-state index in [1.165, 1.54) is 0 Å². The Bertz CT molecular complexity index is 817. The number of nitrogens with zero attached hydrogens (tertiary/aromatic N) is 2. The number of fused-ring (bicyclic) bond motifs is 1. The fourth-order valence-corrected chi connectivity index (χ4v) is 3.84. The summed E-state index contributed by atoms with van der Waals surface area (Å²) >= 11 is 16.0. The second-order valence-electron chi connectivity index (χ2n) is 4.99. The van der Waals surface area contributed by atoms with E-state index in [2.05, 4.69) is 51.5 Å². The van der Waals surface area contributed by atoms with Crippen molar-refractivity contribution in [1.29, 1.82) is 0 Å². The summed E-state index contributed by atoms with van der Waals surface area (Å²) in [5.74, 6) is 1.13. The van der Waals surface area contributed by atoms with Crippen LogP contribution in [0.5, 0.6) is 0 Å². The summed E-state index contributed by atoms with van der Waals surface area (Å²) in [5, 5.41) is 0.679. The lowest BCUT2D eigenvalue weighted by Crippen LogP contribution is -2.04. The first kappa shape index (κ1) is 14.9. The monoisotopic (exact) mass is 382 g/mol. The summed E-state index contributed by atoms with van der Waals surface area (Å²) in [6.07, 6.45) is 0. The molecule has 0 spiro atoms. The molecule has 0 radical (unpaired) electrons. The van der Waals surface area contributed by atoms with Crippen molar-refractivity contribution >= 4 is 50.2 Å². The molecule has 108 valence electrons. The first-order valence-corrected chi connectivity index (χ1v) is 8.22. The lowest BCUT2D eigenvalue weighted by molar-refractivity contribution is 0.961. The Labute approximate surface area is 141 Å². The minimum atomic E-state index is 0.333. The average molecular weight is 384 g/mol. The van der Waals surface area contributed by atoms with Crippen molar-refractivity contribution in [2.45, 2.75) is 19.7 Å². The molecule has 0 saturated heterocycles. The van der Waals surface area contributed by atoms with Crippen molar-refractivity contribution in [3.8, 4) is 5.69 Å². The quantitative estimate of drug-likeness (QED) is 0.511. The van der Waals surface area contributed by atoms with Gasteiger partial charge in [-0.1, -0.05) is 33.6 Å². The van der Waals surface area contributed by atoms with E-state index in [9.17, 15) is 0 Å². The van der Waals surface area contributed by atoms with Crippen LogP contribution in [0.2, 0.25) is 5.02 Å². The summed E-state index contributed by atoms with van der Waals surface area (Å²) in [7, 11) is 0. The molecule has 0 aliphatic heterocycles. The molecule has 3 rings (SSSR count). The van der Waals surface area contributed by atoms with Gasteiger partial charge in [0.25, 0.3) is 0 Å². The maximum absolute atomic E-state index is 6.41. The van der Waals surface area contributed by atoms with Gasteiger partial charge in [-0.3, -0.25) is 4.57 Å². The molecule has 3 aromatic rings. The van der Waals surface area contributed by atoms with Gasteiger partial charge in [-0.2, -0.15) is 0 Å². The van der Waals surface area contributed by atoms with Crippen LogP contribution in [0.4, 0.5) is 0 Å². The van der Waals surface area contributed by atoms with Crippen molar-refractivity contribution in [2.75, 3.05) is 0 Å². The normalized spacial score (nSPS) is 11.3. The highest BCUT2D eigenvalue weighted by Gasteiger charge is 2.17. The Balaban J connectivity index is 2.45. The number of aryl methyl sites for hydroxylation is 2. The number of imidazole rings is 1. The Morgan fingerprint density at radius 1 is 1.19 bits per heavy atom. The highest BCUT2D eigenvalue weighted by atomic mass is 79.9. The number of hydrogen-bond donors (Lipinski definition) is 0. The molecule has 0 saturated carbocycles. The zero-order valence-electron chi connectivity index (χ0n) is 11.6. The first-order chi connectivity index (χ1) is 10.0. The molecule has 2 aromatic carbocycles. The fraction of sp³-hybridized carbons (Fsp3) is 0.188. The summed E-state index contributed by atoms with van der Waals surface area (Å²) in [6, 6.07) is 9.91. The zero-order valence-corrected chi connectivity index (χ0v) is 14.7. The standard InChI is InChI=1S/C16H13BrCl2N2/c1-9-6-11(17)7-10(2)15(9)21-14(8-18)20-13-5-3-4-12(19)16(13)21/h3-7H,8H2,1-2H3. The molecule has 0 bridgehead atoms. The number of benzene rings is 2. The SMILES string of the molecule is Cc1cc(Br)cc(C)c1-n1c(CCl)nc2cccc(Cl)c21. The second-order valence-corrected chi connectivity index (χ2v) is 6.58. The van der Waals surface area contributed by atoms with Crippen molar-refractivity contribution in [3.05, 3.63) is 56.8 Å². The maximum Gasteiger partial charge on any atom is 0.129 e. The Kier molecular flexibility index (Phi) is 4.00. The van der Waals surface area contributed by atoms with E-state index in [1.807, 2.05) is 18.2 Å². The summed E-state index contributed by atoms with van der Waals surface area (Å²) < 4.78 is 3.13. The molecule has 0 unspecified atom stereocenters. The molecule has 0 amide bonds. The minimum absolute atomic E-state index is 0.333. The van der Waals surface area contributed by atoms with Crippen molar-refractivity contribution in [2.24, 2.45) is 0 Å². The highest BCUT2D eigenvalue weighted by molar-refractivity contribution is 9.10. The molecule has 2 nitrogen and oxygen atoms in total. The van der Waals surface area contributed by atoms with Crippen LogP contribution < -0.4 is 0 Å². The van der Waals surface area contributed by atoms with E-state index >= 15 is 0 Å². The van der Waals surface area contributed by atoms with Crippen LogP contribution in [0.1, 0.15) is 17.0 Å². The third kappa shape index (κ3) is 2.48. The highest BCUT2D eigenvalue weighted by Crippen LogP contribution is 2.32. The molecule has 0 aliphatic rings. The van der Waals surface area contributed by atoms with Gasteiger partial charge in [-0.15, -0.1) is 11.6 Å². The fourth-order valence-electron chi connectivity index (χ4n) is 2.72. The number of alkyl halides is 1. The minimum Gasteiger partial charge on any atom is -0.293 e. The lowest BCUT2D eigenvalue weighted by Gasteiger charge is -2.15. The molecule has 5 heteroatoms. The van der Waals surface area contributed by atoms with Gasteiger partial charge in [-0.05, 0) is 49.2 Å². The zero-order chi connectivity index (χ0) is 15.1. The Morgan fingerprint density at radius 3 is 2.48 bits per heavy atom. The predicted octanol–water partition coefficient (Wildman–Crippen LogP) is 5.80. The molecule has 21 heavy (non-hydrogen) atoms. The van der Waals surface area contributed by atoms with Crippen molar-refractivity contribution < 1.29 is 0 Å². The summed E-state index contributed by atoms with van der Waals surface area (Å²) in [6.45, 7) is 4.15. The van der Waals surface area contributed by atoms with Gasteiger partial charge < -0.3 is 0 Å². The van der Waals surface area contributed by atoms with Crippen LogP contribution in [0.3, 0.4) is 0 Å². The summed E-state index contributed by atoms with van der Waals surface area (Å²) in [5.41, 5.74) is 5.15. The van der Waals surface area contributed by atoms with E-state index in [-0.39, 0.29) is 0 Å². The second kappa shape index (κ2) is 5.64. The van der Waals surface area contributed by atoms with Gasteiger partial charge in [-0.25, -0.2) is 4.98 Å². The van der Waals surface area contributed by atoms with Crippen LogP contribution in [-0.4, -0.2) is 9.55 Å². The van der Waals surface area contributed by atoms with Gasteiger partial charge in [0, 0.05) is 4.47 Å². The Hall–Kier alpha value is -1.03. The predicted molar refractivity (Wildman–Crippen MR) is 92.8 cm³/mol. The van der Waals surface area contributed by atoms with Gasteiger partial charge in [0.2, 0.25) is 0 Å². The van der Waals surface area contributed by atoms with Crippen LogP contribution in [0, 0.1) is 13.8 Å². The van der Waals surface area contributed by atoms with Gasteiger partial charge in [0.1, 0.15) is 5.82 Å². The van der Waals surface area contributed by atoms with Crippen LogP contribution in [0.25, 0.3) is 16.7 Å². The smallest absolute Gasteiger partial charge is 0.129 e. The van der Waals surface area contributed by atoms with E-state index in [0.717, 1.165) is 38.1 Å². The number of para-hydroxylation sites is 1. The van der Waals surface area contributed by atoms with Crippen LogP contribution in [0.15, 0.2) is 34.8 Å². The van der Waals surface area contributed by atoms with Gasteiger partial charge >= 0.3 is 0 Å². The van der Waals surface area contributed by atoms with E-state index in [0.29, 0.717) is 10.9 Å². The van der Waals surface area contributed by atoms with E-state index in [1.54, 1.807) is 0 Å². The van der Waals surface area contributed by atoms with Crippen LogP contribution >= 0.6 is 39.1 Å². The Morgan fingerprint density at radius 2 is 1.86 bits per heavy atom. The van der Waals surface area contributed by atoms with Gasteiger partial charge in [0.15, 0.2) is 0 Å². The molecule has 1 heterocycles. The van der Waals surface area contributed by atoms with Gasteiger partial charge in [0.05, 0.1) is 27.6 Å². The molecule has 0 N–H and O–H groups in total. The lowest BCUT2D eigenvalue weighted by atomic mass is 10.1. The maximum atomic E-state index is 6.41. The topological polar surface area (TPSA) is 17.8 Å². The molecule has 0 aliphatic carbocycles. The van der Waals surface area contributed by atoms with Crippen LogP contribution in [-0.2, 0) is 5.88 Å². The molecular weight excluding hydrogens is 371 g/mol. The van der Waals surface area contributed by atoms with Crippen molar-refractivity contribution in [3.63, 3.8) is 0 Å². The third-order valence-corrected chi connectivity index (χ3v) is 4.50. The number of hydrogen-bond acceptors (Lipinski definition) is 1. The molecule has 0 fully saturated rings. The number of halogens is 3. The summed E-state index contributed by atoms with van der Waals surface area (Å²) in [4.78, 5) is 4.61. The van der Waals surface area contributed by atoms with E-state index < -0.39 is 0 Å². The molecular formula is C16H13BrCl2N2. The van der Waals surface area contributed by atoms with E-state index in [4.69, 9.17) is 23.2 Å². The third-order valence-electron chi connectivity index (χ3n) is 3.50. The number of rotatable bonds is 2.